The Morgan fingerprint density at radius 2 is 2.27 bits per heavy atom. The first-order valence-electron chi connectivity index (χ1n) is 9.00. The number of thioether (sulfide) groups is 2. The highest BCUT2D eigenvalue weighted by Crippen LogP contribution is 2.44. The molecule has 14 nitrogen and oxygen atoms in total. The fraction of sp³-hybridized carbons (Fsp3) is 0.400. The van der Waals surface area contributed by atoms with E-state index in [0.717, 1.165) is 11.5 Å². The zero-order chi connectivity index (χ0) is 23.6. The van der Waals surface area contributed by atoms with E-state index >= 15 is 0 Å². The van der Waals surface area contributed by atoms with E-state index in [4.69, 9.17) is 0 Å². The van der Waals surface area contributed by atoms with Crippen LogP contribution in [0.4, 0.5) is 5.13 Å². The number of carbonyl (C=O) groups excluding carboxylic acids is 3. The van der Waals surface area contributed by atoms with E-state index < -0.39 is 40.3 Å². The molecular formula is C15H14N8O6S4. The van der Waals surface area contributed by atoms with Crippen LogP contribution >= 0.6 is 46.4 Å². The molecule has 0 aromatic carbocycles. The molecule has 0 spiro atoms. The second-order valence-electron chi connectivity index (χ2n) is 6.83. The lowest BCUT2D eigenvalue weighted by Crippen LogP contribution is -2.74. The van der Waals surface area contributed by atoms with Gasteiger partial charge in [0.2, 0.25) is 29.0 Å². The minimum absolute atomic E-state index is 0.00762. The summed E-state index contributed by atoms with van der Waals surface area (Å²) >= 11 is 4.60. The van der Waals surface area contributed by atoms with Crippen molar-refractivity contribution in [2.45, 2.75) is 15.8 Å². The number of aromatic nitrogens is 4. The van der Waals surface area contributed by atoms with Crippen molar-refractivity contribution in [3.63, 3.8) is 0 Å². The number of nitrogens with one attached hydrogen (secondary N) is 2. The van der Waals surface area contributed by atoms with Crippen LogP contribution < -0.4 is 10.6 Å². The van der Waals surface area contributed by atoms with E-state index in [0.29, 0.717) is 10.7 Å². The van der Waals surface area contributed by atoms with E-state index in [1.807, 2.05) is 0 Å². The van der Waals surface area contributed by atoms with Crippen molar-refractivity contribution in [3.05, 3.63) is 11.3 Å². The molecule has 3 atom stereocenters. The van der Waals surface area contributed by atoms with Crippen LogP contribution in [0.25, 0.3) is 0 Å². The molecule has 2 aliphatic heterocycles. The Bertz CT molecular complexity index is 1110. The second-order valence-corrected chi connectivity index (χ2v) is 10.7. The molecular weight excluding hydrogens is 516 g/mol. The van der Waals surface area contributed by atoms with Gasteiger partial charge in [0, 0.05) is 29.6 Å². The Labute approximate surface area is 201 Å². The number of carbonyl (C=O) groups is 4. The van der Waals surface area contributed by atoms with Gasteiger partial charge >= 0.3 is 5.97 Å². The zero-order valence-corrected chi connectivity index (χ0v) is 19.5. The Hall–Kier alpha value is -2.83. The van der Waals surface area contributed by atoms with Crippen molar-refractivity contribution in [1.29, 1.82) is 0 Å². The average molecular weight is 531 g/mol. The van der Waals surface area contributed by atoms with Gasteiger partial charge in [-0.15, -0.1) is 22.0 Å². The number of nitrogens with zero attached hydrogens (tertiary/aromatic N) is 6. The number of oxime groups is 1. The zero-order valence-electron chi connectivity index (χ0n) is 16.3. The molecule has 0 bridgehead atoms. The maximum atomic E-state index is 12.7. The van der Waals surface area contributed by atoms with Crippen LogP contribution in [0.3, 0.4) is 0 Å². The molecule has 4 N–H and O–H groups in total. The standard InChI is InChI=1S/C15H14N8O6S4/c24-4-16-13-19-8(22-33-13)6(21-29)9(25)18-7-10(26)23-1-15(12(27)28,2-30-11(7)23)3-31-14-20-17-5-32-14/h4-5,7,11,29H,1-3H2,(H,18,25)(H,27,28)(H,16,19,22,24)/t7?,11-,15?/m1/s1. The highest BCUT2D eigenvalue weighted by Gasteiger charge is 2.57. The topological polar surface area (TPSA) is 200 Å². The van der Waals surface area contributed by atoms with E-state index in [2.05, 4.69) is 35.3 Å². The van der Waals surface area contributed by atoms with Crippen molar-refractivity contribution in [1.82, 2.24) is 29.8 Å². The molecule has 4 heterocycles. The Morgan fingerprint density at radius 3 is 2.94 bits per heavy atom. The summed E-state index contributed by atoms with van der Waals surface area (Å²) in [4.78, 5) is 53.1. The van der Waals surface area contributed by atoms with Crippen LogP contribution in [0.15, 0.2) is 15.0 Å². The molecule has 2 aromatic heterocycles. The van der Waals surface area contributed by atoms with Crippen LogP contribution in [0.5, 0.6) is 0 Å². The Kier molecular flexibility index (Phi) is 6.77. The number of hydrogen-bond donors (Lipinski definition) is 4. The highest BCUT2D eigenvalue weighted by molar-refractivity contribution is 8.01. The van der Waals surface area contributed by atoms with Gasteiger partial charge in [0.05, 0.1) is 0 Å². The normalized spacial score (nSPS) is 24.5. The van der Waals surface area contributed by atoms with Gasteiger partial charge < -0.3 is 25.8 Å². The minimum atomic E-state index is -1.17. The third kappa shape index (κ3) is 4.50. The lowest BCUT2D eigenvalue weighted by atomic mass is 9.89. The number of fused-ring (bicyclic) bond motifs is 1. The first-order chi connectivity index (χ1) is 15.9. The van der Waals surface area contributed by atoms with Gasteiger partial charge in [-0.25, -0.2) is 0 Å². The summed E-state index contributed by atoms with van der Waals surface area (Å²) in [7, 11) is 0. The molecule has 2 aliphatic rings. The number of amides is 3. The first-order valence-corrected chi connectivity index (χ1v) is 12.7. The fourth-order valence-electron chi connectivity index (χ4n) is 3.16. The first kappa shape index (κ1) is 23.3. The summed E-state index contributed by atoms with van der Waals surface area (Å²) in [6.07, 6.45) is 0.380. The van der Waals surface area contributed by atoms with Gasteiger partial charge in [-0.2, -0.15) is 9.36 Å². The van der Waals surface area contributed by atoms with E-state index in [1.54, 1.807) is 5.51 Å². The number of anilines is 1. The lowest BCUT2D eigenvalue weighted by Gasteiger charge is -2.53. The number of β-lactam (4-membered cyclic amide) rings is 1. The summed E-state index contributed by atoms with van der Waals surface area (Å²) in [5.41, 5.74) is -0.143. The number of aliphatic carboxylic acids is 1. The molecule has 0 radical (unpaired) electrons. The van der Waals surface area contributed by atoms with E-state index in [1.165, 1.54) is 39.8 Å². The van der Waals surface area contributed by atoms with Gasteiger partial charge in [-0.3, -0.25) is 19.2 Å². The van der Waals surface area contributed by atoms with Gasteiger partial charge in [0.1, 0.15) is 22.3 Å². The second kappa shape index (κ2) is 9.57. The summed E-state index contributed by atoms with van der Waals surface area (Å²) in [5, 5.41) is 34.0. The van der Waals surface area contributed by atoms with Gasteiger partial charge in [0.25, 0.3) is 5.91 Å². The highest BCUT2D eigenvalue weighted by atomic mass is 32.2. The Morgan fingerprint density at radius 1 is 1.45 bits per heavy atom. The molecule has 2 saturated heterocycles. The van der Waals surface area contributed by atoms with Crippen LogP contribution in [0, 0.1) is 5.41 Å². The molecule has 0 saturated carbocycles. The SMILES string of the molecule is O=CNc1nc(C(=NO)C(=O)NC2C(=O)N3CC(CSc4nncs4)(C(=O)O)CS[C@H]23)ns1. The summed E-state index contributed by atoms with van der Waals surface area (Å²) in [6.45, 7) is -0.00762. The molecule has 2 fully saturated rings. The molecule has 2 aromatic rings. The third-order valence-electron chi connectivity index (χ3n) is 4.83. The summed E-state index contributed by atoms with van der Waals surface area (Å²) in [5.74, 6) is -2.12. The minimum Gasteiger partial charge on any atom is -0.481 e. The third-order valence-corrected chi connectivity index (χ3v) is 9.22. The largest absolute Gasteiger partial charge is 0.481 e. The van der Waals surface area contributed by atoms with Gasteiger partial charge in [-0.1, -0.05) is 28.3 Å². The van der Waals surface area contributed by atoms with Crippen molar-refractivity contribution >= 4 is 81.4 Å². The van der Waals surface area contributed by atoms with E-state index in [9.17, 15) is 29.5 Å². The predicted octanol–water partition coefficient (Wildman–Crippen LogP) is -0.601. The van der Waals surface area contributed by atoms with Crippen LogP contribution in [0.1, 0.15) is 5.82 Å². The molecule has 33 heavy (non-hydrogen) atoms. The van der Waals surface area contributed by atoms with Crippen molar-refractivity contribution in [2.24, 2.45) is 10.6 Å². The van der Waals surface area contributed by atoms with Crippen LogP contribution in [-0.4, -0.2) is 94.1 Å². The lowest BCUT2D eigenvalue weighted by molar-refractivity contribution is -0.157. The van der Waals surface area contributed by atoms with Crippen molar-refractivity contribution in [3.8, 4) is 0 Å². The van der Waals surface area contributed by atoms with E-state index in [-0.39, 0.29) is 29.0 Å². The van der Waals surface area contributed by atoms with Gasteiger partial charge in [0.15, 0.2) is 4.34 Å². The van der Waals surface area contributed by atoms with Crippen molar-refractivity contribution < 1.29 is 29.5 Å². The maximum Gasteiger partial charge on any atom is 0.313 e. The predicted molar refractivity (Wildman–Crippen MR) is 119 cm³/mol. The molecule has 0 aliphatic carbocycles. The van der Waals surface area contributed by atoms with Crippen LogP contribution in [0.2, 0.25) is 0 Å². The average Bonchev–Trinajstić information content (AvgIpc) is 3.49. The molecule has 4 rings (SSSR count). The maximum absolute atomic E-state index is 12.7. The van der Waals surface area contributed by atoms with Crippen LogP contribution in [-0.2, 0) is 19.2 Å². The number of carboxylic acid groups (broad SMARTS) is 1. The van der Waals surface area contributed by atoms with Crippen molar-refractivity contribution in [2.75, 3.05) is 23.4 Å². The summed E-state index contributed by atoms with van der Waals surface area (Å²) in [6, 6.07) is -0.923. The summed E-state index contributed by atoms with van der Waals surface area (Å²) < 4.78 is 4.48. The molecule has 174 valence electrons. The molecule has 3 amide bonds. The monoisotopic (exact) mass is 530 g/mol. The number of carboxylic acids is 1. The fourth-order valence-corrected chi connectivity index (χ4v) is 7.04. The molecule has 2 unspecified atom stereocenters. The van der Waals surface area contributed by atoms with Gasteiger partial charge in [-0.05, 0) is 0 Å². The quantitative estimate of drug-likeness (QED) is 0.0802. The smallest absolute Gasteiger partial charge is 0.313 e. The Balaban J connectivity index is 1.40. The molecule has 18 heteroatoms. The number of rotatable bonds is 9. The number of hydrogen-bond acceptors (Lipinski definition) is 14.